The number of phenolic OH excluding ortho intramolecular Hbond substituents is 2. The van der Waals surface area contributed by atoms with Gasteiger partial charge in [-0.1, -0.05) is 173 Å². The van der Waals surface area contributed by atoms with Crippen LogP contribution in [-0.4, -0.2) is 262 Å². The molecule has 2 saturated carbocycles. The Morgan fingerprint density at radius 1 is 0.300 bits per heavy atom. The number of methoxy groups -OCH3 is 2. The number of hydrogen-bond acceptors (Lipinski definition) is 16. The maximum Gasteiger partial charge on any atom is 0.253 e. The number of carbonyl (C=O) groups excluding carboxylic acids is 4. The van der Waals surface area contributed by atoms with E-state index in [2.05, 4.69) is 185 Å². The standard InChI is InChI=1S/C31H41N3O2.2C30H39N3O2.C29H37N3O2/c1-3-18-34-27-15-16-28(34)23-33(21-17-27)30(26-9-8-10-29(22-26)36-2)24-11-13-25(14-12-24)31(35)32-19-6-4-5-7-20-32;1-3-18-33-26-15-16-27(33)21-32(19-17-26)29(24-7-6-10-28(20-24)35-2)22-11-13-23(14-12-22)30(34)31-25-8-4-5-9-25;1-2-17-33-26-14-15-27(33)22-32(20-16-26)29(25-8-7-9-28(34)21-25)23-10-12-24(13-11-23)30(35)31-18-5-3-4-6-19-31;1-2-17-32-25-14-15-26(32)20-31(18-16-25)28(23-6-5-9-27(33)19-23)21-10-12-22(13-11-21)29(34)30-24-7-3-4-8-24/h3,8-14,22,27-28,30H,1,4-7,15-21,23H2,2H3;3,6-7,10-14,20,25-27,29H,1,4-5,8-9,15-19,21H2,2H3,(H,31,34);2,7-13,21,26-27,29,34H,1,3-6,14-20,22H2;2,5-6,9-13,19,24-26,28,33H,1,3-4,7-8,14-18,20H2,(H,30,34). The van der Waals surface area contributed by atoms with Gasteiger partial charge in [0.15, 0.2) is 0 Å². The van der Waals surface area contributed by atoms with E-state index >= 15 is 0 Å². The van der Waals surface area contributed by atoms with Gasteiger partial charge >= 0.3 is 0 Å². The van der Waals surface area contributed by atoms with Crippen LogP contribution in [0.3, 0.4) is 0 Å². The van der Waals surface area contributed by atoms with Gasteiger partial charge in [0.05, 0.1) is 38.4 Å². The summed E-state index contributed by atoms with van der Waals surface area (Å²) in [6, 6.07) is 71.2. The quantitative estimate of drug-likeness (QED) is 0.0339. The van der Waals surface area contributed by atoms with E-state index in [0.29, 0.717) is 71.9 Å². The lowest BCUT2D eigenvalue weighted by Crippen LogP contribution is -2.40. The van der Waals surface area contributed by atoms with Gasteiger partial charge in [-0.05, 0) is 270 Å². The topological polar surface area (TPSA) is 184 Å². The summed E-state index contributed by atoms with van der Waals surface area (Å²) < 4.78 is 11.2. The molecule has 140 heavy (non-hydrogen) atoms. The van der Waals surface area contributed by atoms with Gasteiger partial charge in [0.2, 0.25) is 0 Å². The molecule has 12 unspecified atom stereocenters. The van der Waals surface area contributed by atoms with E-state index in [9.17, 15) is 29.4 Å². The number of nitrogens with one attached hydrogen (secondary N) is 2. The molecule has 4 amide bonds. The molecule has 4 N–H and O–H groups in total. The molecule has 10 heterocycles. The molecular formula is C120H156N12O8. The minimum Gasteiger partial charge on any atom is -0.508 e. The molecule has 10 saturated heterocycles. The largest absolute Gasteiger partial charge is 0.508 e. The van der Waals surface area contributed by atoms with Crippen molar-refractivity contribution in [3.8, 4) is 23.0 Å². The molecule has 8 aromatic carbocycles. The third kappa shape index (κ3) is 25.0. The van der Waals surface area contributed by atoms with Crippen molar-refractivity contribution >= 4 is 23.6 Å². The molecule has 744 valence electrons. The Labute approximate surface area is 834 Å². The van der Waals surface area contributed by atoms with E-state index in [0.717, 1.165) is 219 Å². The molecule has 2 aliphatic carbocycles. The number of hydrogen-bond donors (Lipinski definition) is 4. The third-order valence-corrected chi connectivity index (χ3v) is 33.0. The second-order valence-corrected chi connectivity index (χ2v) is 41.8. The molecule has 20 heteroatoms. The van der Waals surface area contributed by atoms with Crippen LogP contribution in [0.5, 0.6) is 23.0 Å². The number of fused-ring (bicyclic) bond motifs is 8. The second kappa shape index (κ2) is 49.5. The molecule has 0 radical (unpaired) electrons. The molecule has 10 aliphatic heterocycles. The summed E-state index contributed by atoms with van der Waals surface area (Å²) in [4.78, 5) is 77.0. The number of nitrogens with zero attached hydrogens (tertiary/aromatic N) is 10. The van der Waals surface area contributed by atoms with Crippen molar-refractivity contribution in [2.24, 2.45) is 0 Å². The Hall–Kier alpha value is -10.5. The molecule has 0 aromatic heterocycles. The highest BCUT2D eigenvalue weighted by molar-refractivity contribution is 5.96. The van der Waals surface area contributed by atoms with Crippen LogP contribution in [0.25, 0.3) is 0 Å². The Balaban J connectivity index is 0.000000129. The Kier molecular flexibility index (Phi) is 35.7. The number of aromatic hydroxyl groups is 2. The van der Waals surface area contributed by atoms with Crippen LogP contribution in [-0.2, 0) is 0 Å². The summed E-state index contributed by atoms with van der Waals surface area (Å²) >= 11 is 0. The predicted molar refractivity (Wildman–Crippen MR) is 563 cm³/mol. The van der Waals surface area contributed by atoms with Gasteiger partial charge in [0, 0.05) is 187 Å². The van der Waals surface area contributed by atoms with E-state index in [1.165, 1.54) is 143 Å². The third-order valence-electron chi connectivity index (χ3n) is 33.0. The number of amides is 4. The fourth-order valence-corrected chi connectivity index (χ4v) is 25.8. The van der Waals surface area contributed by atoms with Gasteiger partial charge in [0.25, 0.3) is 23.6 Å². The lowest BCUT2D eigenvalue weighted by atomic mass is 9.94. The van der Waals surface area contributed by atoms with E-state index in [1.54, 1.807) is 26.4 Å². The summed E-state index contributed by atoms with van der Waals surface area (Å²) in [5.41, 5.74) is 12.5. The molecule has 8 aromatic rings. The van der Waals surface area contributed by atoms with Crippen molar-refractivity contribution in [2.75, 3.05) is 119 Å². The zero-order chi connectivity index (χ0) is 96.8. The molecule has 20 rings (SSSR count). The van der Waals surface area contributed by atoms with Crippen molar-refractivity contribution in [3.05, 3.63) is 312 Å². The number of carbonyl (C=O) groups is 4. The summed E-state index contributed by atoms with van der Waals surface area (Å²) in [5, 5.41) is 26.9. The minimum absolute atomic E-state index is 0.0273. The maximum absolute atomic E-state index is 13.2. The summed E-state index contributed by atoms with van der Waals surface area (Å²) in [5.74, 6) is 2.76. The monoisotopic (exact) mass is 1890 g/mol. The lowest BCUT2D eigenvalue weighted by Gasteiger charge is -2.34. The van der Waals surface area contributed by atoms with Crippen LogP contribution in [0.4, 0.5) is 0 Å². The molecule has 0 spiro atoms. The Morgan fingerprint density at radius 3 is 0.821 bits per heavy atom. The number of likely N-dealkylation sites (tertiary alicyclic amines) is 6. The predicted octanol–water partition coefficient (Wildman–Crippen LogP) is 20.8. The highest BCUT2D eigenvalue weighted by Crippen LogP contribution is 2.44. The number of ether oxygens (including phenoxy) is 2. The first-order valence-electron chi connectivity index (χ1n) is 53.5. The fourth-order valence-electron chi connectivity index (χ4n) is 25.8. The number of benzene rings is 8. The van der Waals surface area contributed by atoms with Crippen molar-refractivity contribution in [1.82, 2.24) is 59.6 Å². The molecule has 20 nitrogen and oxygen atoms in total. The van der Waals surface area contributed by atoms with Crippen LogP contribution in [0.1, 0.15) is 290 Å². The smallest absolute Gasteiger partial charge is 0.253 e. The second-order valence-electron chi connectivity index (χ2n) is 41.8. The van der Waals surface area contributed by atoms with Crippen LogP contribution in [0, 0.1) is 0 Å². The van der Waals surface area contributed by atoms with Gasteiger partial charge < -0.3 is 40.1 Å². The van der Waals surface area contributed by atoms with E-state index in [1.807, 2.05) is 107 Å². The zero-order valence-corrected chi connectivity index (χ0v) is 83.6. The van der Waals surface area contributed by atoms with Crippen molar-refractivity contribution in [3.63, 3.8) is 0 Å². The van der Waals surface area contributed by atoms with Crippen LogP contribution >= 0.6 is 0 Å². The lowest BCUT2D eigenvalue weighted by molar-refractivity contribution is 0.0754. The molecule has 8 bridgehead atoms. The van der Waals surface area contributed by atoms with E-state index < -0.39 is 0 Å². The first kappa shape index (κ1) is 101. The number of phenols is 2. The van der Waals surface area contributed by atoms with E-state index in [-0.39, 0.29) is 47.8 Å². The first-order chi connectivity index (χ1) is 68.6. The van der Waals surface area contributed by atoms with Gasteiger partial charge in [0.1, 0.15) is 23.0 Å². The van der Waals surface area contributed by atoms with Crippen LogP contribution < -0.4 is 20.1 Å². The minimum atomic E-state index is 0.0273. The summed E-state index contributed by atoms with van der Waals surface area (Å²) in [7, 11) is 3.46. The molecule has 12 fully saturated rings. The average Bonchev–Trinajstić information content (AvgIpc) is 1.34. The fraction of sp³-hybridized carbons (Fsp3) is 0.500. The molecule has 12 aliphatic rings. The average molecular weight is 1890 g/mol. The SMILES string of the molecule is C=CCN1C2CCC1CN(C(c1ccc(C(=O)N3CCCCCC3)cc1)c1cccc(O)c1)CC2.C=CCN1C2CCC1CN(C(c1ccc(C(=O)N3CCCCCC3)cc1)c1cccc(OC)c1)CC2.C=CCN1C2CCC1CN(C(c1ccc(C(=O)NC3CCCC3)cc1)c1cccc(O)c1)CC2.C=CCN1C2CCC1CN(C(c1ccc(C(=O)NC3CCCC3)cc1)c1cccc(OC)c1)CC2. The van der Waals surface area contributed by atoms with E-state index in [4.69, 9.17) is 9.47 Å². The highest BCUT2D eigenvalue weighted by atomic mass is 16.5. The van der Waals surface area contributed by atoms with Gasteiger partial charge in [-0.3, -0.25) is 58.4 Å². The molecule has 12 atom stereocenters. The van der Waals surface area contributed by atoms with Crippen molar-refractivity contribution in [1.29, 1.82) is 0 Å². The van der Waals surface area contributed by atoms with Gasteiger partial charge in [-0.25, -0.2) is 0 Å². The maximum atomic E-state index is 13.2. The first-order valence-corrected chi connectivity index (χ1v) is 53.5. The zero-order valence-electron chi connectivity index (χ0n) is 83.6. The number of rotatable bonds is 28. The highest BCUT2D eigenvalue weighted by Gasteiger charge is 2.45. The van der Waals surface area contributed by atoms with Crippen molar-refractivity contribution in [2.45, 2.75) is 264 Å². The van der Waals surface area contributed by atoms with Gasteiger partial charge in [-0.2, -0.15) is 0 Å². The Bertz CT molecular complexity index is 5370. The molecular weight excluding hydrogens is 1740 g/mol. The summed E-state index contributed by atoms with van der Waals surface area (Å²) in [6.45, 7) is 31.5. The van der Waals surface area contributed by atoms with Crippen molar-refractivity contribution < 1.29 is 38.9 Å². The van der Waals surface area contributed by atoms with Gasteiger partial charge in [-0.15, -0.1) is 26.3 Å². The van der Waals surface area contributed by atoms with Crippen LogP contribution in [0.15, 0.2) is 245 Å². The van der Waals surface area contributed by atoms with Crippen LogP contribution in [0.2, 0.25) is 0 Å². The Morgan fingerprint density at radius 2 is 0.557 bits per heavy atom. The summed E-state index contributed by atoms with van der Waals surface area (Å²) in [6.07, 6.45) is 41.4. The normalized spacial score (nSPS) is 24.3.